The van der Waals surface area contributed by atoms with Gasteiger partial charge in [0, 0.05) is 23.6 Å². The van der Waals surface area contributed by atoms with Gasteiger partial charge in [-0.25, -0.2) is 0 Å². The second-order valence-electron chi connectivity index (χ2n) is 5.00. The molecule has 0 aromatic heterocycles. The van der Waals surface area contributed by atoms with E-state index in [4.69, 9.17) is 9.47 Å². The van der Waals surface area contributed by atoms with Crippen LogP contribution in [0.3, 0.4) is 0 Å². The Hall–Kier alpha value is -2.40. The van der Waals surface area contributed by atoms with Crippen LogP contribution in [0.1, 0.15) is 17.0 Å². The normalized spacial score (nSPS) is 12.0. The molecule has 0 aliphatic carbocycles. The van der Waals surface area contributed by atoms with Gasteiger partial charge < -0.3 is 24.8 Å². The lowest BCUT2D eigenvalue weighted by molar-refractivity contribution is 0.260. The van der Waals surface area contributed by atoms with Crippen molar-refractivity contribution in [2.24, 2.45) is 0 Å². The van der Waals surface area contributed by atoms with Crippen LogP contribution in [0.2, 0.25) is 0 Å². The van der Waals surface area contributed by atoms with E-state index in [9.17, 15) is 15.3 Å². The van der Waals surface area contributed by atoms with Gasteiger partial charge in [-0.3, -0.25) is 0 Å². The highest BCUT2D eigenvalue weighted by Gasteiger charge is 2.18. The molecule has 5 nitrogen and oxygen atoms in total. The summed E-state index contributed by atoms with van der Waals surface area (Å²) < 4.78 is 10.5. The maximum Gasteiger partial charge on any atom is 0.126 e. The highest BCUT2D eigenvalue weighted by molar-refractivity contribution is 5.45. The molecule has 0 aliphatic heterocycles. The van der Waals surface area contributed by atoms with Crippen LogP contribution >= 0.6 is 0 Å². The molecule has 0 heterocycles. The fraction of sp³-hybridized carbons (Fsp3) is 0.294. The molecule has 0 saturated heterocycles. The fourth-order valence-electron chi connectivity index (χ4n) is 2.42. The largest absolute Gasteiger partial charge is 0.508 e. The van der Waals surface area contributed by atoms with Gasteiger partial charge in [0.05, 0.1) is 20.8 Å². The standard InChI is InChI=1S/C17H20O5/c1-21-14-5-6-15(17(9-14)22-2)12(10-18)7-11-3-4-13(19)8-16(11)20/h3-6,8-9,12,18-20H,7,10H2,1-2H3/t12-/m0/s1. The molecular formula is C17H20O5. The third kappa shape index (κ3) is 3.43. The molecule has 5 heteroatoms. The Balaban J connectivity index is 2.31. The number of hydrogen-bond acceptors (Lipinski definition) is 5. The first-order chi connectivity index (χ1) is 10.6. The average Bonchev–Trinajstić information content (AvgIpc) is 2.53. The lowest BCUT2D eigenvalue weighted by atomic mass is 9.91. The molecule has 2 rings (SSSR count). The summed E-state index contributed by atoms with van der Waals surface area (Å²) >= 11 is 0. The lowest BCUT2D eigenvalue weighted by Gasteiger charge is -2.19. The molecule has 0 bridgehead atoms. The summed E-state index contributed by atoms with van der Waals surface area (Å²) in [6.45, 7) is -0.0942. The van der Waals surface area contributed by atoms with Crippen LogP contribution in [0, 0.1) is 0 Å². The van der Waals surface area contributed by atoms with Crippen LogP contribution in [0.4, 0.5) is 0 Å². The van der Waals surface area contributed by atoms with E-state index in [1.807, 2.05) is 6.07 Å². The van der Waals surface area contributed by atoms with E-state index in [1.54, 1.807) is 32.4 Å². The Morgan fingerprint density at radius 1 is 1.00 bits per heavy atom. The highest BCUT2D eigenvalue weighted by Crippen LogP contribution is 2.34. The van der Waals surface area contributed by atoms with Crippen LogP contribution in [0.15, 0.2) is 36.4 Å². The predicted molar refractivity (Wildman–Crippen MR) is 82.8 cm³/mol. The van der Waals surface area contributed by atoms with Crippen LogP contribution in [0.25, 0.3) is 0 Å². The third-order valence-electron chi connectivity index (χ3n) is 3.64. The SMILES string of the molecule is COc1ccc([C@H](CO)Cc2ccc(O)cc2O)c(OC)c1. The van der Waals surface area contributed by atoms with Crippen molar-refractivity contribution in [1.29, 1.82) is 0 Å². The second-order valence-corrected chi connectivity index (χ2v) is 5.00. The van der Waals surface area contributed by atoms with Gasteiger partial charge in [0.1, 0.15) is 23.0 Å². The fourth-order valence-corrected chi connectivity index (χ4v) is 2.42. The molecule has 0 fully saturated rings. The molecule has 0 spiro atoms. The summed E-state index contributed by atoms with van der Waals surface area (Å²) in [5, 5.41) is 29.0. The van der Waals surface area contributed by atoms with E-state index >= 15 is 0 Å². The van der Waals surface area contributed by atoms with Gasteiger partial charge in [-0.1, -0.05) is 12.1 Å². The first-order valence-corrected chi connectivity index (χ1v) is 6.92. The van der Waals surface area contributed by atoms with Crippen LogP contribution < -0.4 is 9.47 Å². The van der Waals surface area contributed by atoms with E-state index < -0.39 is 0 Å². The number of aromatic hydroxyl groups is 2. The number of phenolic OH excluding ortho intramolecular Hbond substituents is 2. The summed E-state index contributed by atoms with van der Waals surface area (Å²) in [4.78, 5) is 0. The van der Waals surface area contributed by atoms with Crippen molar-refractivity contribution in [2.45, 2.75) is 12.3 Å². The summed E-state index contributed by atoms with van der Waals surface area (Å²) in [6, 6.07) is 9.84. The molecule has 1 atom stereocenters. The van der Waals surface area contributed by atoms with Crippen molar-refractivity contribution in [3.63, 3.8) is 0 Å². The number of methoxy groups -OCH3 is 2. The Morgan fingerprint density at radius 2 is 1.77 bits per heavy atom. The molecule has 0 radical (unpaired) electrons. The van der Waals surface area contributed by atoms with E-state index in [0.717, 1.165) is 5.56 Å². The Kier molecular flexibility index (Phi) is 5.12. The minimum Gasteiger partial charge on any atom is -0.508 e. The molecule has 0 aliphatic rings. The van der Waals surface area contributed by atoms with E-state index in [2.05, 4.69) is 0 Å². The van der Waals surface area contributed by atoms with Crippen molar-refractivity contribution >= 4 is 0 Å². The van der Waals surface area contributed by atoms with Crippen LogP contribution in [0.5, 0.6) is 23.0 Å². The van der Waals surface area contributed by atoms with Crippen molar-refractivity contribution < 1.29 is 24.8 Å². The van der Waals surface area contributed by atoms with Gasteiger partial charge in [0.15, 0.2) is 0 Å². The van der Waals surface area contributed by atoms with Crippen molar-refractivity contribution in [2.75, 3.05) is 20.8 Å². The summed E-state index contributed by atoms with van der Waals surface area (Å²) in [7, 11) is 3.14. The van der Waals surface area contributed by atoms with Gasteiger partial charge in [-0.05, 0) is 24.1 Å². The quantitative estimate of drug-likeness (QED) is 0.764. The highest BCUT2D eigenvalue weighted by atomic mass is 16.5. The zero-order valence-corrected chi connectivity index (χ0v) is 12.6. The molecule has 3 N–H and O–H groups in total. The molecular weight excluding hydrogens is 284 g/mol. The molecule has 2 aromatic carbocycles. The Labute approximate surface area is 129 Å². The molecule has 0 amide bonds. The van der Waals surface area contributed by atoms with Crippen molar-refractivity contribution in [3.05, 3.63) is 47.5 Å². The summed E-state index contributed by atoms with van der Waals surface area (Å²) in [5.74, 6) is 1.06. The Bertz CT molecular complexity index is 639. The number of hydrogen-bond donors (Lipinski definition) is 3. The van der Waals surface area contributed by atoms with Crippen LogP contribution in [-0.2, 0) is 6.42 Å². The topological polar surface area (TPSA) is 79.2 Å². The molecule has 2 aromatic rings. The third-order valence-corrected chi connectivity index (χ3v) is 3.64. The maximum atomic E-state index is 9.90. The molecule has 0 saturated carbocycles. The second kappa shape index (κ2) is 7.04. The zero-order chi connectivity index (χ0) is 16.1. The predicted octanol–water partition coefficient (Wildman–Crippen LogP) is 2.43. The van der Waals surface area contributed by atoms with Gasteiger partial charge in [0.2, 0.25) is 0 Å². The number of ether oxygens (including phenoxy) is 2. The van der Waals surface area contributed by atoms with Gasteiger partial charge in [0.25, 0.3) is 0 Å². The molecule has 22 heavy (non-hydrogen) atoms. The van der Waals surface area contributed by atoms with E-state index in [1.165, 1.54) is 12.1 Å². The number of aliphatic hydroxyl groups excluding tert-OH is 1. The van der Waals surface area contributed by atoms with E-state index in [-0.39, 0.29) is 24.0 Å². The zero-order valence-electron chi connectivity index (χ0n) is 12.6. The number of aliphatic hydroxyl groups is 1. The smallest absolute Gasteiger partial charge is 0.126 e. The van der Waals surface area contributed by atoms with Crippen molar-refractivity contribution in [1.82, 2.24) is 0 Å². The Morgan fingerprint density at radius 3 is 2.36 bits per heavy atom. The number of benzene rings is 2. The van der Waals surface area contributed by atoms with E-state index in [0.29, 0.717) is 23.5 Å². The summed E-state index contributed by atoms with van der Waals surface area (Å²) in [5.41, 5.74) is 1.48. The first-order valence-electron chi connectivity index (χ1n) is 6.92. The van der Waals surface area contributed by atoms with Gasteiger partial charge >= 0.3 is 0 Å². The minimum atomic E-state index is -0.240. The van der Waals surface area contributed by atoms with Gasteiger partial charge in [-0.15, -0.1) is 0 Å². The van der Waals surface area contributed by atoms with Gasteiger partial charge in [-0.2, -0.15) is 0 Å². The molecule has 118 valence electrons. The monoisotopic (exact) mass is 304 g/mol. The number of rotatable bonds is 6. The van der Waals surface area contributed by atoms with Crippen molar-refractivity contribution in [3.8, 4) is 23.0 Å². The van der Waals surface area contributed by atoms with Crippen LogP contribution in [-0.4, -0.2) is 36.1 Å². The average molecular weight is 304 g/mol. The summed E-state index contributed by atoms with van der Waals surface area (Å²) in [6.07, 6.45) is 0.422. The minimum absolute atomic E-state index is 0.00354. The first kappa shape index (κ1) is 16.0. The maximum absolute atomic E-state index is 9.90. The lowest BCUT2D eigenvalue weighted by Crippen LogP contribution is -2.09. The molecule has 0 unspecified atom stereocenters. The number of phenols is 2.